The third-order valence-corrected chi connectivity index (χ3v) is 7.54. The molecule has 0 amide bonds. The molecule has 1 aromatic carbocycles. The fourth-order valence-electron chi connectivity index (χ4n) is 3.75. The number of benzene rings is 1. The van der Waals surface area contributed by atoms with Crippen LogP contribution in [0, 0.1) is 55.5 Å². The molecule has 0 saturated heterocycles. The fourth-order valence-corrected chi connectivity index (χ4v) is 4.76. The summed E-state index contributed by atoms with van der Waals surface area (Å²) >= 11 is -0.478. The van der Waals surface area contributed by atoms with Crippen LogP contribution in [0.4, 0.5) is 36.3 Å². The van der Waals surface area contributed by atoms with E-state index in [1.807, 2.05) is 0 Å². The van der Waals surface area contributed by atoms with Gasteiger partial charge in [-0.3, -0.25) is 4.98 Å². The average Bonchev–Trinajstić information content (AvgIpc) is 3.42. The summed E-state index contributed by atoms with van der Waals surface area (Å²) in [6.45, 7) is 12.4. The second-order valence-electron chi connectivity index (χ2n) is 8.95. The summed E-state index contributed by atoms with van der Waals surface area (Å²) in [4.78, 5) is 19.3. The number of rotatable bonds is 13. The largest absolute Gasteiger partial charge is 2.00 e. The van der Waals surface area contributed by atoms with Crippen LogP contribution in [0.5, 0.6) is 0 Å². The van der Waals surface area contributed by atoms with Crippen molar-refractivity contribution in [3.63, 3.8) is 0 Å². The SMILES string of the molecule is C=Ic1cnc(N/N=C\c2ccc(Nc3cc(-n4cnc(C)c4)cc(C(F)(F)F)c3)cn2)nc1NCCN(C[CH2-])C[CH2-].[U+2]. The Hall–Kier alpha value is -2.87. The zero-order chi connectivity index (χ0) is 30.1. The third-order valence-electron chi connectivity index (χ3n) is 5.93. The third kappa shape index (κ3) is 10.1. The number of hydrogen-bond donors (Lipinski definition) is 3. The van der Waals surface area contributed by atoms with Crippen LogP contribution < -0.4 is 16.1 Å². The minimum absolute atomic E-state index is 0. The number of anilines is 4. The number of halogens is 4. The van der Waals surface area contributed by atoms with Crippen molar-refractivity contribution in [3.8, 4) is 5.69 Å². The maximum absolute atomic E-state index is 13.6. The van der Waals surface area contributed by atoms with Crippen LogP contribution in [0.15, 0.2) is 60.4 Å². The quantitative estimate of drug-likeness (QED) is 0.0697. The summed E-state index contributed by atoms with van der Waals surface area (Å²) in [5.41, 5.74) is 4.34. The van der Waals surface area contributed by atoms with E-state index in [0.29, 0.717) is 54.2 Å². The summed E-state index contributed by atoms with van der Waals surface area (Å²) in [5.74, 6) is 1.03. The van der Waals surface area contributed by atoms with Gasteiger partial charge in [0, 0.05) is 36.9 Å². The van der Waals surface area contributed by atoms with Gasteiger partial charge in [-0.15, -0.1) is 13.1 Å². The summed E-state index contributed by atoms with van der Waals surface area (Å²) in [6, 6.07) is 7.12. The molecule has 0 bridgehead atoms. The van der Waals surface area contributed by atoms with Crippen LogP contribution in [-0.4, -0.2) is 66.3 Å². The molecule has 0 aliphatic heterocycles. The van der Waals surface area contributed by atoms with Crippen LogP contribution >= 0.6 is 20.7 Å². The van der Waals surface area contributed by atoms with Gasteiger partial charge in [-0.1, -0.05) is 25.2 Å². The molecule has 0 atom stereocenters. The Morgan fingerprint density at radius 2 is 1.88 bits per heavy atom. The van der Waals surface area contributed by atoms with Crippen molar-refractivity contribution in [1.29, 1.82) is 0 Å². The number of hydrazone groups is 1. The molecule has 0 fully saturated rings. The van der Waals surface area contributed by atoms with E-state index in [2.05, 4.69) is 64.4 Å². The van der Waals surface area contributed by atoms with Gasteiger partial charge in [0.05, 0.1) is 44.9 Å². The van der Waals surface area contributed by atoms with Crippen LogP contribution in [0.1, 0.15) is 17.0 Å². The van der Waals surface area contributed by atoms with Gasteiger partial charge in [0.1, 0.15) is 5.82 Å². The molecule has 10 nitrogen and oxygen atoms in total. The number of nitrogens with zero attached hydrogens (tertiary/aromatic N) is 7. The first kappa shape index (κ1) is 34.6. The van der Waals surface area contributed by atoms with Gasteiger partial charge in [-0.05, 0) is 37.3 Å². The maximum Gasteiger partial charge on any atom is 2.00 e. The minimum atomic E-state index is -4.51. The van der Waals surface area contributed by atoms with Gasteiger partial charge in [-0.25, -0.2) is 15.4 Å². The zero-order valence-corrected chi connectivity index (χ0v) is 29.7. The monoisotopic (exact) mass is 928 g/mol. The normalized spacial score (nSPS) is 11.5. The Morgan fingerprint density at radius 1 is 1.09 bits per heavy atom. The first-order chi connectivity index (χ1) is 20.2. The van der Waals surface area contributed by atoms with Gasteiger partial charge >= 0.3 is 37.3 Å². The number of aryl methyl sites for hydroxylation is 1. The number of aromatic nitrogens is 5. The second kappa shape index (κ2) is 16.3. The summed E-state index contributed by atoms with van der Waals surface area (Å²) in [7, 11) is 0. The van der Waals surface area contributed by atoms with Crippen molar-refractivity contribution in [2.24, 2.45) is 5.10 Å². The van der Waals surface area contributed by atoms with Crippen LogP contribution in [-0.2, 0) is 6.18 Å². The summed E-state index contributed by atoms with van der Waals surface area (Å²) < 4.78 is 47.3. The predicted octanol–water partition coefficient (Wildman–Crippen LogP) is 5.53. The minimum Gasteiger partial charge on any atom is -0.368 e. The van der Waals surface area contributed by atoms with E-state index >= 15 is 0 Å². The molecule has 0 saturated carbocycles. The van der Waals surface area contributed by atoms with E-state index in [0.717, 1.165) is 22.2 Å². The molecule has 3 heterocycles. The first-order valence-electron chi connectivity index (χ1n) is 12.7. The Balaban J connectivity index is 0.00000506. The molecular weight excluding hydrogens is 898 g/mol. The molecule has 3 N–H and O–H groups in total. The standard InChI is InChI=1S/C28H30F3IN10.U/c1-5-41(6-2)10-9-33-26-25(32-4)16-35-27(39-26)40-37-15-21-7-8-22(14-34-21)38-23-11-20(28(29,30)31)12-24(13-23)42-17-19(3)36-18-42;/h7-8,11-18,38H,1-2,4-6,9-10H2,3H3,(H2,33,35,39,40);/q-2;+2/b37-15-;. The van der Waals surface area contributed by atoms with Gasteiger partial charge < -0.3 is 33.9 Å². The van der Waals surface area contributed by atoms with Crippen molar-refractivity contribution >= 4 is 54.6 Å². The smallest absolute Gasteiger partial charge is 0.368 e. The molecule has 15 heteroatoms. The van der Waals surface area contributed by atoms with Crippen molar-refractivity contribution in [3.05, 3.63) is 89.6 Å². The molecule has 0 aliphatic carbocycles. The van der Waals surface area contributed by atoms with Crippen molar-refractivity contribution in [2.75, 3.05) is 42.2 Å². The van der Waals surface area contributed by atoms with Crippen LogP contribution in [0.3, 0.4) is 0 Å². The van der Waals surface area contributed by atoms with E-state index in [1.165, 1.54) is 18.7 Å². The van der Waals surface area contributed by atoms with Gasteiger partial charge in [0.2, 0.25) is 5.95 Å². The van der Waals surface area contributed by atoms with Gasteiger partial charge in [0.15, 0.2) is 0 Å². The Kier molecular flexibility index (Phi) is 13.1. The zero-order valence-electron chi connectivity index (χ0n) is 23.4. The molecule has 0 spiro atoms. The molecule has 0 aliphatic rings. The molecule has 3 aromatic heterocycles. The molecular formula is C28H30F3IN10U. The topological polar surface area (TPSA) is 108 Å². The summed E-state index contributed by atoms with van der Waals surface area (Å²) in [6.07, 6.45) is 3.36. The fraction of sp³-hybridized carbons (Fsp3) is 0.214. The van der Waals surface area contributed by atoms with E-state index in [9.17, 15) is 13.2 Å². The number of nitrogens with one attached hydrogen (secondary N) is 3. The van der Waals surface area contributed by atoms with Crippen LogP contribution in [0.2, 0.25) is 0 Å². The molecule has 0 radical (unpaired) electrons. The Bertz CT molecular complexity index is 1520. The number of hydrogen-bond acceptors (Lipinski definition) is 9. The number of alkyl halides is 3. The number of imidazole rings is 1. The van der Waals surface area contributed by atoms with Crippen LogP contribution in [0.25, 0.3) is 5.69 Å². The summed E-state index contributed by atoms with van der Waals surface area (Å²) in [5, 5.41) is 10.5. The van der Waals surface area contributed by atoms with Crippen molar-refractivity contribution in [2.45, 2.75) is 13.1 Å². The Labute approximate surface area is 282 Å². The molecule has 0 unspecified atom stereocenters. The van der Waals surface area contributed by atoms with E-state index in [4.69, 9.17) is 0 Å². The van der Waals surface area contributed by atoms with Crippen molar-refractivity contribution in [1.82, 2.24) is 29.4 Å². The molecule has 4 aromatic rings. The van der Waals surface area contributed by atoms with E-state index < -0.39 is 32.5 Å². The van der Waals surface area contributed by atoms with E-state index in [-0.39, 0.29) is 36.8 Å². The molecule has 4 rings (SSSR count). The average molecular weight is 929 g/mol. The molecule has 224 valence electrons. The van der Waals surface area contributed by atoms with Crippen molar-refractivity contribution < 1.29 is 44.3 Å². The van der Waals surface area contributed by atoms with Gasteiger partial charge in [-0.2, -0.15) is 23.3 Å². The second-order valence-corrected chi connectivity index (χ2v) is 10.9. The first-order valence-corrected chi connectivity index (χ1v) is 15.3. The van der Waals surface area contributed by atoms with E-state index in [1.54, 1.807) is 42.1 Å². The molecule has 43 heavy (non-hydrogen) atoms. The Morgan fingerprint density at radius 3 is 2.51 bits per heavy atom. The number of pyridine rings is 1. The van der Waals surface area contributed by atoms with Gasteiger partial charge in [0.25, 0.3) is 0 Å². The maximum atomic E-state index is 13.6. The predicted molar refractivity (Wildman–Crippen MR) is 170 cm³/mol.